The van der Waals surface area contributed by atoms with Gasteiger partial charge in [0.2, 0.25) is 0 Å². The molecule has 23 heavy (non-hydrogen) atoms. The molecule has 0 bridgehead atoms. The van der Waals surface area contributed by atoms with Gasteiger partial charge in [-0.05, 0) is 55.8 Å². The standard InChI is InChI=1S/C20H22O3/c1-3-4-6-9-16(2)22-19-14-12-17(13-15-19)20(21)23-18-10-7-5-8-11-18/h5-16H,3-4H2,1-2H3/b9-6-/t16-/m0/s1. The second-order valence-electron chi connectivity index (χ2n) is 5.27. The topological polar surface area (TPSA) is 35.5 Å². The first-order valence-corrected chi connectivity index (χ1v) is 7.89. The Hall–Kier alpha value is -2.55. The van der Waals surface area contributed by atoms with Crippen molar-refractivity contribution >= 4 is 5.97 Å². The summed E-state index contributed by atoms with van der Waals surface area (Å²) in [6.07, 6.45) is 6.35. The number of benzene rings is 2. The highest BCUT2D eigenvalue weighted by Crippen LogP contribution is 2.17. The molecule has 0 fully saturated rings. The maximum atomic E-state index is 12.0. The van der Waals surface area contributed by atoms with E-state index in [-0.39, 0.29) is 12.1 Å². The lowest BCUT2D eigenvalue weighted by Crippen LogP contribution is -2.10. The third kappa shape index (κ3) is 5.62. The Balaban J connectivity index is 1.92. The number of ether oxygens (including phenoxy) is 2. The zero-order valence-electron chi connectivity index (χ0n) is 13.6. The molecule has 0 spiro atoms. The largest absolute Gasteiger partial charge is 0.487 e. The van der Waals surface area contributed by atoms with Crippen molar-refractivity contribution in [3.8, 4) is 11.5 Å². The molecule has 0 amide bonds. The fourth-order valence-corrected chi connectivity index (χ4v) is 2.03. The van der Waals surface area contributed by atoms with Crippen molar-refractivity contribution in [2.75, 3.05) is 0 Å². The molecule has 0 heterocycles. The monoisotopic (exact) mass is 310 g/mol. The zero-order valence-corrected chi connectivity index (χ0v) is 13.6. The van der Waals surface area contributed by atoms with Crippen molar-refractivity contribution in [2.45, 2.75) is 32.8 Å². The predicted molar refractivity (Wildman–Crippen MR) is 92.0 cm³/mol. The van der Waals surface area contributed by atoms with Crippen LogP contribution in [0.3, 0.4) is 0 Å². The van der Waals surface area contributed by atoms with Crippen molar-refractivity contribution in [1.82, 2.24) is 0 Å². The smallest absolute Gasteiger partial charge is 0.343 e. The Kier molecular flexibility index (Phi) is 6.42. The third-order valence-corrected chi connectivity index (χ3v) is 3.23. The average molecular weight is 310 g/mol. The van der Waals surface area contributed by atoms with E-state index in [1.54, 1.807) is 36.4 Å². The highest BCUT2D eigenvalue weighted by molar-refractivity contribution is 5.91. The van der Waals surface area contributed by atoms with Crippen molar-refractivity contribution in [1.29, 1.82) is 0 Å². The van der Waals surface area contributed by atoms with E-state index in [9.17, 15) is 4.79 Å². The number of rotatable bonds is 7. The molecule has 0 N–H and O–H groups in total. The lowest BCUT2D eigenvalue weighted by Gasteiger charge is -2.11. The number of unbranched alkanes of at least 4 members (excludes halogenated alkanes) is 1. The molecule has 0 aromatic heterocycles. The Morgan fingerprint density at radius 1 is 1.04 bits per heavy atom. The molecule has 0 unspecified atom stereocenters. The summed E-state index contributed by atoms with van der Waals surface area (Å²) in [7, 11) is 0. The van der Waals surface area contributed by atoms with Crippen LogP contribution in [0.2, 0.25) is 0 Å². The Morgan fingerprint density at radius 2 is 1.74 bits per heavy atom. The molecule has 1 atom stereocenters. The van der Waals surface area contributed by atoms with Crippen molar-refractivity contribution in [2.24, 2.45) is 0 Å². The maximum absolute atomic E-state index is 12.0. The van der Waals surface area contributed by atoms with Crippen LogP contribution in [0.1, 0.15) is 37.0 Å². The number of carbonyl (C=O) groups is 1. The summed E-state index contributed by atoms with van der Waals surface area (Å²) in [5.41, 5.74) is 0.496. The second-order valence-corrected chi connectivity index (χ2v) is 5.27. The molecule has 2 aromatic rings. The zero-order chi connectivity index (χ0) is 16.5. The molecular formula is C20H22O3. The summed E-state index contributed by atoms with van der Waals surface area (Å²) >= 11 is 0. The van der Waals surface area contributed by atoms with Gasteiger partial charge in [-0.2, -0.15) is 0 Å². The van der Waals surface area contributed by atoms with E-state index in [0.717, 1.165) is 18.6 Å². The third-order valence-electron chi connectivity index (χ3n) is 3.23. The summed E-state index contributed by atoms with van der Waals surface area (Å²) in [6, 6.07) is 16.0. The average Bonchev–Trinajstić information content (AvgIpc) is 2.56. The summed E-state index contributed by atoms with van der Waals surface area (Å²) in [5, 5.41) is 0. The van der Waals surface area contributed by atoms with Crippen LogP contribution in [0.5, 0.6) is 11.5 Å². The Morgan fingerprint density at radius 3 is 2.39 bits per heavy atom. The van der Waals surface area contributed by atoms with Crippen LogP contribution in [0.15, 0.2) is 66.7 Å². The molecule has 3 heteroatoms. The van der Waals surface area contributed by atoms with E-state index in [0.29, 0.717) is 11.3 Å². The Labute approximate surface area is 137 Å². The molecule has 0 aliphatic heterocycles. The molecule has 120 valence electrons. The molecular weight excluding hydrogens is 288 g/mol. The number of hydrogen-bond acceptors (Lipinski definition) is 3. The van der Waals surface area contributed by atoms with Gasteiger partial charge in [-0.1, -0.05) is 37.6 Å². The Bertz CT molecular complexity index is 630. The fourth-order valence-electron chi connectivity index (χ4n) is 2.03. The van der Waals surface area contributed by atoms with Crippen LogP contribution in [0.4, 0.5) is 0 Å². The van der Waals surface area contributed by atoms with Crippen LogP contribution in [0.25, 0.3) is 0 Å². The summed E-state index contributed by atoms with van der Waals surface area (Å²) in [5.74, 6) is 0.890. The van der Waals surface area contributed by atoms with E-state index in [4.69, 9.17) is 9.47 Å². The number of allylic oxidation sites excluding steroid dienone is 1. The molecule has 0 aliphatic rings. The van der Waals surface area contributed by atoms with Gasteiger partial charge in [0.25, 0.3) is 0 Å². The number of carbonyl (C=O) groups excluding carboxylic acids is 1. The van der Waals surface area contributed by atoms with E-state index in [1.165, 1.54) is 0 Å². The summed E-state index contributed by atoms with van der Waals surface area (Å²) < 4.78 is 11.1. The first-order chi connectivity index (χ1) is 11.2. The highest BCUT2D eigenvalue weighted by atomic mass is 16.5. The van der Waals surface area contributed by atoms with Crippen LogP contribution < -0.4 is 9.47 Å². The molecule has 0 saturated carbocycles. The minimum absolute atomic E-state index is 0.00340. The maximum Gasteiger partial charge on any atom is 0.343 e. The van der Waals surface area contributed by atoms with Gasteiger partial charge in [0, 0.05) is 0 Å². The number of hydrogen-bond donors (Lipinski definition) is 0. The van der Waals surface area contributed by atoms with Crippen molar-refractivity contribution in [3.05, 3.63) is 72.3 Å². The van der Waals surface area contributed by atoms with E-state index in [1.807, 2.05) is 31.2 Å². The van der Waals surface area contributed by atoms with E-state index in [2.05, 4.69) is 13.0 Å². The number of para-hydroxylation sites is 1. The van der Waals surface area contributed by atoms with Gasteiger partial charge in [-0.3, -0.25) is 0 Å². The molecule has 0 saturated heterocycles. The minimum atomic E-state index is -0.376. The fraction of sp³-hybridized carbons (Fsp3) is 0.250. The molecule has 2 rings (SSSR count). The van der Waals surface area contributed by atoms with Crippen molar-refractivity contribution in [3.63, 3.8) is 0 Å². The van der Waals surface area contributed by atoms with E-state index >= 15 is 0 Å². The van der Waals surface area contributed by atoms with Crippen LogP contribution in [0, 0.1) is 0 Å². The van der Waals surface area contributed by atoms with Gasteiger partial charge in [0.1, 0.15) is 17.6 Å². The van der Waals surface area contributed by atoms with Gasteiger partial charge in [-0.25, -0.2) is 4.79 Å². The SMILES string of the molecule is CCC/C=C\[C@H](C)Oc1ccc(C(=O)Oc2ccccc2)cc1. The van der Waals surface area contributed by atoms with Gasteiger partial charge >= 0.3 is 5.97 Å². The van der Waals surface area contributed by atoms with Gasteiger partial charge in [0.05, 0.1) is 5.56 Å². The molecule has 0 radical (unpaired) electrons. The first-order valence-electron chi connectivity index (χ1n) is 7.89. The highest BCUT2D eigenvalue weighted by Gasteiger charge is 2.09. The lowest BCUT2D eigenvalue weighted by molar-refractivity contribution is 0.0734. The quantitative estimate of drug-likeness (QED) is 0.409. The normalized spacial score (nSPS) is 12.1. The molecule has 3 nitrogen and oxygen atoms in total. The van der Waals surface area contributed by atoms with Crippen LogP contribution in [-0.2, 0) is 0 Å². The van der Waals surface area contributed by atoms with Gasteiger partial charge in [0.15, 0.2) is 0 Å². The first kappa shape index (κ1) is 16.8. The van der Waals surface area contributed by atoms with Crippen molar-refractivity contribution < 1.29 is 14.3 Å². The minimum Gasteiger partial charge on any atom is -0.487 e. The summed E-state index contributed by atoms with van der Waals surface area (Å²) in [6.45, 7) is 4.13. The van der Waals surface area contributed by atoms with Gasteiger partial charge in [-0.15, -0.1) is 0 Å². The van der Waals surface area contributed by atoms with Gasteiger partial charge < -0.3 is 9.47 Å². The van der Waals surface area contributed by atoms with E-state index < -0.39 is 0 Å². The second kappa shape index (κ2) is 8.79. The molecule has 2 aromatic carbocycles. The summed E-state index contributed by atoms with van der Waals surface area (Å²) in [4.78, 5) is 12.0. The van der Waals surface area contributed by atoms with Crippen LogP contribution in [-0.4, -0.2) is 12.1 Å². The lowest BCUT2D eigenvalue weighted by atomic mass is 10.2. The predicted octanol–water partition coefficient (Wildman–Crippen LogP) is 5.03. The number of esters is 1. The molecule has 0 aliphatic carbocycles. The van der Waals surface area contributed by atoms with Crippen LogP contribution >= 0.6 is 0 Å².